The molecule has 548 valence electrons. The van der Waals surface area contributed by atoms with Gasteiger partial charge < -0.3 is 13.6 Å². The Kier molecular flexibility index (Phi) is 13.1. The van der Waals surface area contributed by atoms with Crippen LogP contribution in [0.5, 0.6) is 0 Å². The molecule has 0 saturated carbocycles. The van der Waals surface area contributed by atoms with E-state index in [2.05, 4.69) is 382 Å². The van der Waals surface area contributed by atoms with Crippen molar-refractivity contribution in [2.45, 2.75) is 0 Å². The number of furan rings is 1. The van der Waals surface area contributed by atoms with Crippen LogP contribution in [0.4, 0.5) is 0 Å². The summed E-state index contributed by atoms with van der Waals surface area (Å²) in [4.78, 5) is 23.1. The first-order valence-corrected chi connectivity index (χ1v) is 40.7. The first-order valence-electron chi connectivity index (χ1n) is 40.7. The molecule has 0 radical (unpaired) electrons. The van der Waals surface area contributed by atoms with Crippen molar-refractivity contribution in [1.82, 2.24) is 38.2 Å². The van der Waals surface area contributed by atoms with Gasteiger partial charge in [0, 0.05) is 81.8 Å². The van der Waals surface area contributed by atoms with Gasteiger partial charge in [-0.3, -0.25) is 9.13 Å². The summed E-state index contributed by atoms with van der Waals surface area (Å²) >= 11 is 0. The predicted octanol–water partition coefficient (Wildman–Crippen LogP) is 28.8. The molecule has 7 heterocycles. The van der Waals surface area contributed by atoms with E-state index in [1.807, 2.05) is 12.1 Å². The van der Waals surface area contributed by atoms with Gasteiger partial charge in [0.2, 0.25) is 0 Å². The average Bonchev–Trinajstić information content (AvgIpc) is 1.53. The van der Waals surface area contributed by atoms with Crippen LogP contribution in [0.25, 0.3) is 264 Å². The minimum atomic E-state index is 0.738. The monoisotopic (exact) mass is 1510 g/mol. The number of fused-ring (bicyclic) bond motifs is 13. The lowest BCUT2D eigenvalue weighted by Gasteiger charge is -2.15. The maximum absolute atomic E-state index is 6.63. The van der Waals surface area contributed by atoms with Gasteiger partial charge in [0.25, 0.3) is 0 Å². The van der Waals surface area contributed by atoms with Crippen molar-refractivity contribution in [3.05, 3.63) is 376 Å². The van der Waals surface area contributed by atoms with Crippen molar-refractivity contribution in [1.29, 1.82) is 0 Å². The van der Waals surface area contributed by atoms with Crippen LogP contribution in [0, 0.1) is 0 Å². The van der Waals surface area contributed by atoms with E-state index < -0.39 is 0 Å². The highest BCUT2D eigenvalue weighted by molar-refractivity contribution is 6.42. The van der Waals surface area contributed by atoms with Gasteiger partial charge in [-0.25, -0.2) is 19.9 Å². The van der Waals surface area contributed by atoms with Crippen LogP contribution >= 0.6 is 0 Å². The molecular formula is C110H62N8O. The van der Waals surface area contributed by atoms with Crippen molar-refractivity contribution in [3.8, 4) is 78.9 Å². The fraction of sp³-hybridized carbons (Fsp3) is 0. The molecule has 27 aromatic rings. The first-order chi connectivity index (χ1) is 59.0. The third-order valence-corrected chi connectivity index (χ3v) is 25.6. The summed E-state index contributed by atoms with van der Waals surface area (Å²) in [5.41, 5.74) is 26.0. The van der Waals surface area contributed by atoms with Gasteiger partial charge >= 0.3 is 0 Å². The summed E-state index contributed by atoms with van der Waals surface area (Å²) in [6, 6.07) is 137. The third-order valence-electron chi connectivity index (χ3n) is 25.6. The largest absolute Gasteiger partial charge is 0.456 e. The molecule has 0 atom stereocenters. The summed E-state index contributed by atoms with van der Waals surface area (Å²) in [6.45, 7) is 0. The quantitative estimate of drug-likeness (QED) is 0.134. The molecule has 0 bridgehead atoms. The third kappa shape index (κ3) is 9.01. The van der Waals surface area contributed by atoms with Gasteiger partial charge in [-0.05, 0) is 203 Å². The summed E-state index contributed by atoms with van der Waals surface area (Å²) in [6.07, 6.45) is 0. The molecule has 9 heteroatoms. The first kappa shape index (κ1) is 64.3. The van der Waals surface area contributed by atoms with Crippen LogP contribution in [-0.4, -0.2) is 38.2 Å². The number of para-hydroxylation sites is 4. The van der Waals surface area contributed by atoms with E-state index in [9.17, 15) is 0 Å². The van der Waals surface area contributed by atoms with E-state index in [0.717, 1.165) is 199 Å². The number of benzene rings is 18. The Balaban J connectivity index is 0.682. The molecule has 0 fully saturated rings. The van der Waals surface area contributed by atoms with Crippen LogP contribution in [0.15, 0.2) is 381 Å². The zero-order valence-electron chi connectivity index (χ0n) is 63.8. The molecule has 119 heavy (non-hydrogen) atoms. The molecule has 0 aliphatic carbocycles. The summed E-state index contributed by atoms with van der Waals surface area (Å²) in [7, 11) is 0. The molecular weight excluding hydrogens is 1450 g/mol. The van der Waals surface area contributed by atoms with Gasteiger partial charge in [-0.15, -0.1) is 0 Å². The molecule has 20 aromatic carbocycles. The smallest absolute Gasteiger partial charge is 0.165 e. The van der Waals surface area contributed by atoms with Crippen LogP contribution in [0.3, 0.4) is 0 Å². The highest BCUT2D eigenvalue weighted by atomic mass is 16.3. The fourth-order valence-electron chi connectivity index (χ4n) is 20.6. The number of rotatable bonds is 9. The molecule has 27 rings (SSSR count). The second-order valence-electron chi connectivity index (χ2n) is 31.8. The van der Waals surface area contributed by atoms with Gasteiger partial charge in [0.1, 0.15) is 22.6 Å². The molecule has 0 unspecified atom stereocenters. The normalized spacial score (nSPS) is 12.4. The summed E-state index contributed by atoms with van der Waals surface area (Å²) < 4.78 is 16.5. The molecule has 0 amide bonds. The zero-order chi connectivity index (χ0) is 77.4. The van der Waals surface area contributed by atoms with Crippen LogP contribution in [0.2, 0.25) is 0 Å². The maximum Gasteiger partial charge on any atom is 0.165 e. The number of hydrogen-bond donors (Lipinski definition) is 0. The molecule has 0 aliphatic rings. The minimum Gasteiger partial charge on any atom is -0.456 e. The molecule has 0 aliphatic heterocycles. The van der Waals surface area contributed by atoms with Crippen molar-refractivity contribution in [2.75, 3.05) is 0 Å². The molecule has 0 N–H and O–H groups in total. The van der Waals surface area contributed by atoms with E-state index in [1.165, 1.54) is 64.6 Å². The minimum absolute atomic E-state index is 0.738. The molecule has 9 nitrogen and oxygen atoms in total. The van der Waals surface area contributed by atoms with Crippen molar-refractivity contribution < 1.29 is 4.42 Å². The Morgan fingerprint density at radius 2 is 0.613 bits per heavy atom. The standard InChI is InChI=1S/C110H62N8O/c1-4-24-63(25-5-1)69-59-82-76-36-14-12-34-74(76)79-40-22-45-88-99(79)103-90(55-57-92-105(103)100(82)93(61-69)118(92)110-108(111-84-42-17-18-43-85(84)112-110)81-41-23-47-96-97(81)80-38-16-19-46-95(80)119-96)116(88)72-51-48-64(49-52-72)67-29-20-30-68(58-67)70-60-83-77-37-15-13-35-75(77)78-39-21-44-87-98(78)102-89(115(87)71-31-8-3-9-32-71)54-56-91-104(102)101(83)94(62-70)117(91)109-106(66-27-6-2-7-28-66)114-107-73-33-11-10-26-65(73)50-53-86(107)113-109/h1-62H. The van der Waals surface area contributed by atoms with Crippen molar-refractivity contribution >= 4 is 185 Å². The van der Waals surface area contributed by atoms with E-state index in [0.29, 0.717) is 0 Å². The lowest BCUT2D eigenvalue weighted by atomic mass is 9.92. The second-order valence-corrected chi connectivity index (χ2v) is 31.8. The van der Waals surface area contributed by atoms with Crippen LogP contribution < -0.4 is 0 Å². The van der Waals surface area contributed by atoms with Gasteiger partial charge in [-0.1, -0.05) is 255 Å². The van der Waals surface area contributed by atoms with E-state index >= 15 is 0 Å². The Morgan fingerprint density at radius 1 is 0.193 bits per heavy atom. The van der Waals surface area contributed by atoms with Gasteiger partial charge in [0.15, 0.2) is 11.6 Å². The van der Waals surface area contributed by atoms with Crippen LogP contribution in [-0.2, 0) is 0 Å². The van der Waals surface area contributed by atoms with E-state index in [1.54, 1.807) is 0 Å². The lowest BCUT2D eigenvalue weighted by Crippen LogP contribution is -2.04. The Morgan fingerprint density at radius 3 is 1.24 bits per heavy atom. The van der Waals surface area contributed by atoms with E-state index in [-0.39, 0.29) is 0 Å². The number of nitrogens with zero attached hydrogens (tertiary/aromatic N) is 8. The highest BCUT2D eigenvalue weighted by Gasteiger charge is 2.32. The Bertz CT molecular complexity index is 9040. The number of hydrogen-bond acceptors (Lipinski definition) is 5. The summed E-state index contributed by atoms with van der Waals surface area (Å²) in [5.74, 6) is 1.51. The van der Waals surface area contributed by atoms with Gasteiger partial charge in [-0.2, -0.15) is 0 Å². The molecule has 0 spiro atoms. The SMILES string of the molecule is c1ccc(-c2cc3c4ccccc4c4cccc5c4c4c6c3c(c2)n(-c2nc3ccccc3nc2-c2cccc3oc7ccccc7c23)c6ccc4n5-c2ccc(-c3cccc(-c4cc5c6ccccc6c6cccc7c6c6c8c5c(c4)n(-c4nc5ccc9ccccc9c5nc4-c4ccccc4)c8ccc6n7-c4ccccc4)c3)cc2)cc1. The molecule has 0 saturated heterocycles. The topological polar surface area (TPSA) is 84.4 Å². The molecule has 7 aromatic heterocycles. The number of aromatic nitrogens is 8. The Labute approximate surface area is 678 Å². The average molecular weight is 1510 g/mol. The van der Waals surface area contributed by atoms with Crippen molar-refractivity contribution in [2.24, 2.45) is 0 Å². The zero-order valence-corrected chi connectivity index (χ0v) is 63.8. The van der Waals surface area contributed by atoms with Gasteiger partial charge in [0.05, 0.1) is 66.2 Å². The lowest BCUT2D eigenvalue weighted by molar-refractivity contribution is 0.669. The highest BCUT2D eigenvalue weighted by Crippen LogP contribution is 2.54. The maximum atomic E-state index is 6.63. The van der Waals surface area contributed by atoms with E-state index in [4.69, 9.17) is 24.4 Å². The second kappa shape index (κ2) is 24.2. The summed E-state index contributed by atoms with van der Waals surface area (Å²) in [5, 5.41) is 23.1. The predicted molar refractivity (Wildman–Crippen MR) is 494 cm³/mol. The van der Waals surface area contributed by atoms with Crippen molar-refractivity contribution in [3.63, 3.8) is 0 Å². The van der Waals surface area contributed by atoms with Crippen LogP contribution in [0.1, 0.15) is 0 Å². The Hall–Kier alpha value is -16.1. The fourth-order valence-corrected chi connectivity index (χ4v) is 20.6.